The zero-order chi connectivity index (χ0) is 14.3. The van der Waals surface area contributed by atoms with Crippen LogP contribution >= 0.6 is 11.6 Å². The molecule has 0 unspecified atom stereocenters. The number of fused-ring (bicyclic) bond motifs is 1. The Morgan fingerprint density at radius 1 is 1.25 bits per heavy atom. The molecule has 0 bridgehead atoms. The van der Waals surface area contributed by atoms with Crippen LogP contribution in [-0.4, -0.2) is 14.5 Å². The zero-order valence-corrected chi connectivity index (χ0v) is 12.1. The topological polar surface area (TPSA) is 56.7 Å². The average molecular weight is 287 g/mol. The van der Waals surface area contributed by atoms with E-state index in [-0.39, 0.29) is 6.04 Å². The first kappa shape index (κ1) is 12.9. The zero-order valence-electron chi connectivity index (χ0n) is 11.3. The number of nitrogens with two attached hydrogens (primary N) is 1. The van der Waals surface area contributed by atoms with Crippen molar-refractivity contribution in [1.29, 1.82) is 0 Å². The van der Waals surface area contributed by atoms with Crippen molar-refractivity contribution in [1.82, 2.24) is 14.5 Å². The minimum absolute atomic E-state index is 0.236. The molecule has 1 aromatic carbocycles. The number of benzene rings is 1. The standard InChI is InChI=1S/C15H15ClN4/c1-9(2)20-14(11-6-5-10(16)8-12(11)17)19-13-4-3-7-18-15(13)20/h3-9H,17H2,1-2H3. The molecule has 20 heavy (non-hydrogen) atoms. The van der Waals surface area contributed by atoms with Crippen molar-refractivity contribution in [3.63, 3.8) is 0 Å². The average Bonchev–Trinajstić information content (AvgIpc) is 2.77. The summed E-state index contributed by atoms with van der Waals surface area (Å²) in [5.74, 6) is 0.822. The lowest BCUT2D eigenvalue weighted by atomic mass is 10.1. The second-order valence-corrected chi connectivity index (χ2v) is 5.41. The minimum atomic E-state index is 0.236. The molecule has 0 fully saturated rings. The highest BCUT2D eigenvalue weighted by Gasteiger charge is 2.17. The summed E-state index contributed by atoms with van der Waals surface area (Å²) in [5.41, 5.74) is 9.32. The maximum Gasteiger partial charge on any atom is 0.160 e. The van der Waals surface area contributed by atoms with Gasteiger partial charge in [-0.2, -0.15) is 0 Å². The number of pyridine rings is 1. The fraction of sp³-hybridized carbons (Fsp3) is 0.200. The van der Waals surface area contributed by atoms with Crippen molar-refractivity contribution in [2.45, 2.75) is 19.9 Å². The highest BCUT2D eigenvalue weighted by molar-refractivity contribution is 6.31. The lowest BCUT2D eigenvalue weighted by Crippen LogP contribution is -2.05. The van der Waals surface area contributed by atoms with Crippen LogP contribution in [0.5, 0.6) is 0 Å². The van der Waals surface area contributed by atoms with Crippen LogP contribution in [-0.2, 0) is 0 Å². The van der Waals surface area contributed by atoms with E-state index in [1.807, 2.05) is 24.3 Å². The molecular formula is C15H15ClN4. The molecule has 4 nitrogen and oxygen atoms in total. The van der Waals surface area contributed by atoms with E-state index in [4.69, 9.17) is 17.3 Å². The third-order valence-corrected chi connectivity index (χ3v) is 3.45. The first-order valence-electron chi connectivity index (χ1n) is 6.46. The molecule has 0 saturated carbocycles. The Morgan fingerprint density at radius 3 is 2.75 bits per heavy atom. The number of imidazole rings is 1. The number of anilines is 1. The van der Waals surface area contributed by atoms with Gasteiger partial charge in [0, 0.05) is 28.5 Å². The van der Waals surface area contributed by atoms with E-state index in [0.717, 1.165) is 22.6 Å². The van der Waals surface area contributed by atoms with E-state index in [2.05, 4.69) is 28.4 Å². The van der Waals surface area contributed by atoms with E-state index in [9.17, 15) is 0 Å². The van der Waals surface area contributed by atoms with Crippen molar-refractivity contribution < 1.29 is 0 Å². The molecule has 0 aliphatic rings. The Hall–Kier alpha value is -2.07. The Bertz CT molecular complexity index is 777. The summed E-state index contributed by atoms with van der Waals surface area (Å²) in [6.07, 6.45) is 1.78. The molecule has 0 spiro atoms. The quantitative estimate of drug-likeness (QED) is 0.727. The maximum absolute atomic E-state index is 6.09. The first-order valence-corrected chi connectivity index (χ1v) is 6.84. The van der Waals surface area contributed by atoms with Crippen LogP contribution in [0, 0.1) is 0 Å². The van der Waals surface area contributed by atoms with Gasteiger partial charge in [-0.1, -0.05) is 11.6 Å². The van der Waals surface area contributed by atoms with Crippen LogP contribution in [0.15, 0.2) is 36.5 Å². The molecule has 3 rings (SSSR count). The van der Waals surface area contributed by atoms with Gasteiger partial charge in [-0.15, -0.1) is 0 Å². The fourth-order valence-electron chi connectivity index (χ4n) is 2.35. The minimum Gasteiger partial charge on any atom is -0.398 e. The predicted octanol–water partition coefficient (Wildman–Crippen LogP) is 3.91. The number of rotatable bonds is 2. The molecule has 2 N–H and O–H groups in total. The summed E-state index contributed by atoms with van der Waals surface area (Å²) in [6.45, 7) is 4.21. The van der Waals surface area contributed by atoms with Crippen LogP contribution in [0.2, 0.25) is 5.02 Å². The summed E-state index contributed by atoms with van der Waals surface area (Å²) >= 11 is 5.97. The van der Waals surface area contributed by atoms with Gasteiger partial charge in [0.1, 0.15) is 11.3 Å². The molecule has 0 radical (unpaired) electrons. The van der Waals surface area contributed by atoms with Crippen molar-refractivity contribution in [3.05, 3.63) is 41.6 Å². The molecule has 3 aromatic rings. The normalized spacial score (nSPS) is 11.4. The Balaban J connectivity index is 2.32. The summed E-state index contributed by atoms with van der Waals surface area (Å²) in [7, 11) is 0. The van der Waals surface area contributed by atoms with Gasteiger partial charge in [0.2, 0.25) is 0 Å². The number of hydrogen-bond donors (Lipinski definition) is 1. The first-order chi connectivity index (χ1) is 9.58. The second kappa shape index (κ2) is 4.80. The summed E-state index contributed by atoms with van der Waals surface area (Å²) in [6, 6.07) is 9.54. The Kier molecular flexibility index (Phi) is 3.10. The molecule has 2 heterocycles. The predicted molar refractivity (Wildman–Crippen MR) is 82.8 cm³/mol. The third kappa shape index (κ3) is 2.02. The van der Waals surface area contributed by atoms with Gasteiger partial charge in [-0.25, -0.2) is 9.97 Å². The van der Waals surface area contributed by atoms with Gasteiger partial charge in [0.05, 0.1) is 0 Å². The van der Waals surface area contributed by atoms with E-state index < -0.39 is 0 Å². The molecule has 0 saturated heterocycles. The van der Waals surface area contributed by atoms with Crippen LogP contribution in [0.3, 0.4) is 0 Å². The number of aromatic nitrogens is 3. The van der Waals surface area contributed by atoms with Gasteiger partial charge in [0.15, 0.2) is 5.65 Å². The highest BCUT2D eigenvalue weighted by Crippen LogP contribution is 2.32. The molecule has 5 heteroatoms. The van der Waals surface area contributed by atoms with Crippen LogP contribution in [0.4, 0.5) is 5.69 Å². The van der Waals surface area contributed by atoms with E-state index in [1.165, 1.54) is 0 Å². The van der Waals surface area contributed by atoms with Crippen molar-refractivity contribution in [3.8, 4) is 11.4 Å². The Labute approximate surface area is 122 Å². The van der Waals surface area contributed by atoms with Gasteiger partial charge in [-0.05, 0) is 44.2 Å². The van der Waals surface area contributed by atoms with E-state index >= 15 is 0 Å². The molecule has 2 aromatic heterocycles. The monoisotopic (exact) mass is 286 g/mol. The van der Waals surface area contributed by atoms with Crippen molar-refractivity contribution in [2.75, 3.05) is 5.73 Å². The fourth-order valence-corrected chi connectivity index (χ4v) is 2.53. The van der Waals surface area contributed by atoms with Crippen molar-refractivity contribution in [2.24, 2.45) is 0 Å². The number of hydrogen-bond acceptors (Lipinski definition) is 3. The van der Waals surface area contributed by atoms with Crippen LogP contribution < -0.4 is 5.73 Å². The molecule has 0 atom stereocenters. The van der Waals surface area contributed by atoms with Gasteiger partial charge in [-0.3, -0.25) is 0 Å². The summed E-state index contributed by atoms with van der Waals surface area (Å²) < 4.78 is 2.09. The molecule has 0 aliphatic carbocycles. The van der Waals surface area contributed by atoms with Gasteiger partial charge < -0.3 is 10.3 Å². The highest BCUT2D eigenvalue weighted by atomic mass is 35.5. The lowest BCUT2D eigenvalue weighted by Gasteiger charge is -2.13. The third-order valence-electron chi connectivity index (χ3n) is 3.22. The van der Waals surface area contributed by atoms with Crippen LogP contribution in [0.25, 0.3) is 22.6 Å². The second-order valence-electron chi connectivity index (χ2n) is 4.98. The SMILES string of the molecule is CC(C)n1c(-c2ccc(Cl)cc2N)nc2cccnc21. The number of nitrogen functional groups attached to an aromatic ring is 1. The smallest absolute Gasteiger partial charge is 0.160 e. The number of halogens is 1. The molecule has 102 valence electrons. The largest absolute Gasteiger partial charge is 0.398 e. The van der Waals surface area contributed by atoms with Gasteiger partial charge in [0.25, 0.3) is 0 Å². The summed E-state index contributed by atoms with van der Waals surface area (Å²) in [4.78, 5) is 9.10. The van der Waals surface area contributed by atoms with E-state index in [1.54, 1.807) is 12.3 Å². The maximum atomic E-state index is 6.09. The lowest BCUT2D eigenvalue weighted by molar-refractivity contribution is 0.620. The van der Waals surface area contributed by atoms with Crippen LogP contribution in [0.1, 0.15) is 19.9 Å². The van der Waals surface area contributed by atoms with Gasteiger partial charge >= 0.3 is 0 Å². The molecule has 0 amide bonds. The van der Waals surface area contributed by atoms with Crippen molar-refractivity contribution >= 4 is 28.5 Å². The van der Waals surface area contributed by atoms with E-state index in [0.29, 0.717) is 10.7 Å². The summed E-state index contributed by atoms with van der Waals surface area (Å²) in [5, 5.41) is 0.622. The Morgan fingerprint density at radius 2 is 2.05 bits per heavy atom. The molecular weight excluding hydrogens is 272 g/mol. The molecule has 0 aliphatic heterocycles. The number of nitrogens with zero attached hydrogens (tertiary/aromatic N) is 3.